The molecule has 0 aliphatic heterocycles. The standard InChI is InChI=1S/C17H19FN2O3S/c1-3-13-9-14(17(22)23-4-2)16(24-13)20-15(21)10-19-12-7-5-11(18)6-8-12/h5-9,19H,3-4,10H2,1-2H3,(H,20,21). The van der Waals surface area contributed by atoms with E-state index in [1.54, 1.807) is 25.1 Å². The molecule has 0 unspecified atom stereocenters. The van der Waals surface area contributed by atoms with Crippen molar-refractivity contribution in [2.45, 2.75) is 20.3 Å². The summed E-state index contributed by atoms with van der Waals surface area (Å²) < 4.78 is 17.9. The molecule has 0 spiro atoms. The van der Waals surface area contributed by atoms with Crippen molar-refractivity contribution in [3.63, 3.8) is 0 Å². The van der Waals surface area contributed by atoms with Gasteiger partial charge in [0.25, 0.3) is 0 Å². The molecule has 2 N–H and O–H groups in total. The lowest BCUT2D eigenvalue weighted by atomic mass is 10.2. The van der Waals surface area contributed by atoms with Crippen molar-refractivity contribution < 1.29 is 18.7 Å². The summed E-state index contributed by atoms with van der Waals surface area (Å²) in [4.78, 5) is 25.0. The van der Waals surface area contributed by atoms with Gasteiger partial charge in [0.15, 0.2) is 0 Å². The monoisotopic (exact) mass is 350 g/mol. The van der Waals surface area contributed by atoms with Crippen LogP contribution in [0.5, 0.6) is 0 Å². The average Bonchev–Trinajstić information content (AvgIpc) is 2.97. The number of benzene rings is 1. The minimum Gasteiger partial charge on any atom is -0.462 e. The van der Waals surface area contributed by atoms with Crippen molar-refractivity contribution in [2.24, 2.45) is 0 Å². The van der Waals surface area contributed by atoms with Crippen molar-refractivity contribution >= 4 is 33.9 Å². The summed E-state index contributed by atoms with van der Waals surface area (Å²) in [5, 5.41) is 6.11. The van der Waals surface area contributed by atoms with Crippen molar-refractivity contribution in [1.29, 1.82) is 0 Å². The number of amides is 1. The van der Waals surface area contributed by atoms with Gasteiger partial charge in [0.05, 0.1) is 18.7 Å². The van der Waals surface area contributed by atoms with E-state index in [-0.39, 0.29) is 24.9 Å². The predicted molar refractivity (Wildman–Crippen MR) is 93.2 cm³/mol. The maximum absolute atomic E-state index is 12.8. The molecule has 1 aromatic carbocycles. The molecule has 5 nitrogen and oxygen atoms in total. The lowest BCUT2D eigenvalue weighted by Crippen LogP contribution is -2.22. The third kappa shape index (κ3) is 4.79. The van der Waals surface area contributed by atoms with Gasteiger partial charge in [-0.3, -0.25) is 4.79 Å². The van der Waals surface area contributed by atoms with Crippen LogP contribution < -0.4 is 10.6 Å². The van der Waals surface area contributed by atoms with Crippen molar-refractivity contribution in [2.75, 3.05) is 23.8 Å². The van der Waals surface area contributed by atoms with Crippen LogP contribution in [-0.2, 0) is 16.0 Å². The number of esters is 1. The van der Waals surface area contributed by atoms with Gasteiger partial charge in [0, 0.05) is 10.6 Å². The average molecular weight is 350 g/mol. The Kier molecular flexibility index (Phi) is 6.31. The van der Waals surface area contributed by atoms with Crippen LogP contribution >= 0.6 is 11.3 Å². The predicted octanol–water partition coefficient (Wildman–Crippen LogP) is 3.68. The summed E-state index contributed by atoms with van der Waals surface area (Å²) in [6.07, 6.45) is 0.765. The molecule has 0 saturated heterocycles. The second-order valence-corrected chi connectivity index (χ2v) is 6.07. The first-order chi connectivity index (χ1) is 11.5. The Hall–Kier alpha value is -2.41. The highest BCUT2D eigenvalue weighted by Gasteiger charge is 2.18. The molecule has 0 bridgehead atoms. The van der Waals surface area contributed by atoms with E-state index in [1.807, 2.05) is 6.92 Å². The number of carbonyl (C=O) groups excluding carboxylic acids is 2. The molecule has 0 fully saturated rings. The first kappa shape index (κ1) is 17.9. The van der Waals surface area contributed by atoms with E-state index in [0.29, 0.717) is 16.3 Å². The molecular formula is C17H19FN2O3S. The molecule has 2 aromatic rings. The van der Waals surface area contributed by atoms with E-state index in [1.165, 1.54) is 23.5 Å². The normalized spacial score (nSPS) is 10.3. The smallest absolute Gasteiger partial charge is 0.341 e. The first-order valence-corrected chi connectivity index (χ1v) is 8.44. The Balaban J connectivity index is 2.01. The minimum absolute atomic E-state index is 0.00720. The number of aryl methyl sites for hydroxylation is 1. The van der Waals surface area contributed by atoms with Crippen LogP contribution in [0.1, 0.15) is 29.1 Å². The van der Waals surface area contributed by atoms with E-state index in [0.717, 1.165) is 11.3 Å². The van der Waals surface area contributed by atoms with Gasteiger partial charge in [-0.2, -0.15) is 0 Å². The van der Waals surface area contributed by atoms with Gasteiger partial charge >= 0.3 is 5.97 Å². The topological polar surface area (TPSA) is 67.4 Å². The molecular weight excluding hydrogens is 331 g/mol. The maximum Gasteiger partial charge on any atom is 0.341 e. The molecule has 0 atom stereocenters. The van der Waals surface area contributed by atoms with Crippen LogP contribution in [0.3, 0.4) is 0 Å². The second kappa shape index (κ2) is 8.44. The van der Waals surface area contributed by atoms with Crippen molar-refractivity contribution in [1.82, 2.24) is 0 Å². The number of hydrogen-bond acceptors (Lipinski definition) is 5. The summed E-state index contributed by atoms with van der Waals surface area (Å²) in [6, 6.07) is 7.46. The molecule has 24 heavy (non-hydrogen) atoms. The van der Waals surface area contributed by atoms with Gasteiger partial charge in [-0.1, -0.05) is 6.92 Å². The summed E-state index contributed by atoms with van der Waals surface area (Å²) in [5.74, 6) is -1.08. The molecule has 0 radical (unpaired) electrons. The highest BCUT2D eigenvalue weighted by atomic mass is 32.1. The SMILES string of the molecule is CCOC(=O)c1cc(CC)sc1NC(=O)CNc1ccc(F)cc1. The molecule has 1 aromatic heterocycles. The Bertz CT molecular complexity index is 713. The lowest BCUT2D eigenvalue weighted by molar-refractivity contribution is -0.114. The zero-order chi connectivity index (χ0) is 17.5. The number of hydrogen-bond donors (Lipinski definition) is 2. The summed E-state index contributed by atoms with van der Waals surface area (Å²) in [5.41, 5.74) is 1.01. The third-order valence-electron chi connectivity index (χ3n) is 3.18. The summed E-state index contributed by atoms with van der Waals surface area (Å²) in [6.45, 7) is 3.99. The Morgan fingerprint density at radius 1 is 1.21 bits per heavy atom. The zero-order valence-electron chi connectivity index (χ0n) is 13.5. The first-order valence-electron chi connectivity index (χ1n) is 7.62. The van der Waals surface area contributed by atoms with Gasteiger partial charge in [-0.15, -0.1) is 11.3 Å². The molecule has 2 rings (SSSR count). The van der Waals surface area contributed by atoms with Crippen molar-refractivity contribution in [3.05, 3.63) is 46.6 Å². The van der Waals surface area contributed by atoms with Crippen LogP contribution in [0.25, 0.3) is 0 Å². The number of ether oxygens (including phenoxy) is 1. The Morgan fingerprint density at radius 2 is 1.92 bits per heavy atom. The van der Waals surface area contributed by atoms with Gasteiger partial charge in [-0.05, 0) is 43.7 Å². The second-order valence-electron chi connectivity index (χ2n) is 4.94. The molecule has 0 aliphatic rings. The molecule has 0 saturated carbocycles. The van der Waals surface area contributed by atoms with E-state index < -0.39 is 5.97 Å². The largest absolute Gasteiger partial charge is 0.462 e. The molecule has 1 amide bonds. The van der Waals surface area contributed by atoms with Gasteiger partial charge in [0.2, 0.25) is 5.91 Å². The third-order valence-corrected chi connectivity index (χ3v) is 4.37. The molecule has 128 valence electrons. The number of nitrogens with one attached hydrogen (secondary N) is 2. The van der Waals surface area contributed by atoms with Crippen molar-refractivity contribution in [3.8, 4) is 0 Å². The van der Waals surface area contributed by atoms with Gasteiger partial charge < -0.3 is 15.4 Å². The van der Waals surface area contributed by atoms with Crippen LogP contribution in [0.2, 0.25) is 0 Å². The molecule has 1 heterocycles. The Morgan fingerprint density at radius 3 is 2.54 bits per heavy atom. The number of carbonyl (C=O) groups is 2. The fourth-order valence-corrected chi connectivity index (χ4v) is 2.99. The highest BCUT2D eigenvalue weighted by Crippen LogP contribution is 2.29. The molecule has 0 aliphatic carbocycles. The van der Waals surface area contributed by atoms with E-state index in [9.17, 15) is 14.0 Å². The summed E-state index contributed by atoms with van der Waals surface area (Å²) >= 11 is 1.36. The molecule has 7 heteroatoms. The number of halogens is 1. The van der Waals surface area contributed by atoms with Crippen LogP contribution in [0.4, 0.5) is 15.1 Å². The number of anilines is 2. The Labute approximate surface area is 143 Å². The van der Waals surface area contributed by atoms with E-state index in [4.69, 9.17) is 4.74 Å². The van der Waals surface area contributed by atoms with Crippen LogP contribution in [0.15, 0.2) is 30.3 Å². The van der Waals surface area contributed by atoms with Gasteiger partial charge in [-0.25, -0.2) is 9.18 Å². The number of thiophene rings is 1. The summed E-state index contributed by atoms with van der Waals surface area (Å²) in [7, 11) is 0. The van der Waals surface area contributed by atoms with E-state index >= 15 is 0 Å². The van der Waals surface area contributed by atoms with Crippen LogP contribution in [0, 0.1) is 5.82 Å². The maximum atomic E-state index is 12.8. The minimum atomic E-state index is -0.449. The number of rotatable bonds is 7. The fraction of sp³-hybridized carbons (Fsp3) is 0.294. The quantitative estimate of drug-likeness (QED) is 0.748. The van der Waals surface area contributed by atoms with E-state index in [2.05, 4.69) is 10.6 Å². The zero-order valence-corrected chi connectivity index (χ0v) is 14.3. The highest BCUT2D eigenvalue weighted by molar-refractivity contribution is 7.16. The van der Waals surface area contributed by atoms with Gasteiger partial charge in [0.1, 0.15) is 10.8 Å². The lowest BCUT2D eigenvalue weighted by Gasteiger charge is -2.08. The fourth-order valence-electron chi connectivity index (χ4n) is 1.99. The van der Waals surface area contributed by atoms with Crippen LogP contribution in [-0.4, -0.2) is 25.0 Å².